The molecule has 0 bridgehead atoms. The van der Waals surface area contributed by atoms with Gasteiger partial charge in [-0.05, 0) is 61.9 Å². The molecule has 0 saturated carbocycles. The second-order valence-electron chi connectivity index (χ2n) is 7.77. The quantitative estimate of drug-likeness (QED) is 0.318. The Morgan fingerprint density at radius 1 is 1.00 bits per heavy atom. The van der Waals surface area contributed by atoms with Crippen LogP contribution in [-0.4, -0.2) is 28.3 Å². The van der Waals surface area contributed by atoms with Gasteiger partial charge in [-0.3, -0.25) is 4.79 Å². The van der Waals surface area contributed by atoms with E-state index >= 15 is 0 Å². The Hall–Kier alpha value is -3.71. The fraction of sp³-hybridized carbons (Fsp3) is 0.148. The summed E-state index contributed by atoms with van der Waals surface area (Å²) in [6.07, 6.45) is 0. The summed E-state index contributed by atoms with van der Waals surface area (Å²) in [6, 6.07) is 24.6. The summed E-state index contributed by atoms with van der Waals surface area (Å²) in [6.45, 7) is 4.51. The molecule has 172 valence electrons. The van der Waals surface area contributed by atoms with E-state index in [1.54, 1.807) is 29.8 Å². The first-order valence-electron chi connectivity index (χ1n) is 10.9. The highest BCUT2D eigenvalue weighted by Gasteiger charge is 2.18. The predicted octanol–water partition coefficient (Wildman–Crippen LogP) is 5.72. The van der Waals surface area contributed by atoms with Crippen LogP contribution in [0.15, 0.2) is 83.3 Å². The Kier molecular flexibility index (Phi) is 7.23. The predicted molar refractivity (Wildman–Crippen MR) is 135 cm³/mol. The Morgan fingerprint density at radius 3 is 2.41 bits per heavy atom. The van der Waals surface area contributed by atoms with Crippen molar-refractivity contribution in [3.05, 3.63) is 106 Å². The van der Waals surface area contributed by atoms with E-state index in [2.05, 4.69) is 26.3 Å². The topological polar surface area (TPSA) is 73.2 Å². The van der Waals surface area contributed by atoms with Crippen molar-refractivity contribution in [2.75, 3.05) is 6.61 Å². The van der Waals surface area contributed by atoms with E-state index in [0.717, 1.165) is 32.5 Å². The standard InChI is InChI=1S/C27H24BrN3O3/c1-3-34-27(33)24-16-25(20-7-11-22(28)12-8-20)31(30-24)23-13-9-21(10-14-23)26(32)29-17-19-6-4-5-18(2)15-19/h4-16H,3,17H2,1-2H3,(H,29,32). The van der Waals surface area contributed by atoms with Gasteiger partial charge in [-0.1, -0.05) is 57.9 Å². The third kappa shape index (κ3) is 5.43. The summed E-state index contributed by atoms with van der Waals surface area (Å²) in [5.74, 6) is -0.638. The zero-order valence-electron chi connectivity index (χ0n) is 18.9. The van der Waals surface area contributed by atoms with Crippen molar-refractivity contribution in [3.8, 4) is 16.9 Å². The van der Waals surface area contributed by atoms with Gasteiger partial charge in [0.1, 0.15) is 0 Å². The van der Waals surface area contributed by atoms with Crippen molar-refractivity contribution in [2.45, 2.75) is 20.4 Å². The van der Waals surface area contributed by atoms with Crippen LogP contribution in [0.4, 0.5) is 0 Å². The molecule has 0 aliphatic heterocycles. The van der Waals surface area contributed by atoms with Crippen LogP contribution in [0.3, 0.4) is 0 Å². The van der Waals surface area contributed by atoms with Gasteiger partial charge >= 0.3 is 5.97 Å². The van der Waals surface area contributed by atoms with Gasteiger partial charge in [-0.2, -0.15) is 5.10 Å². The van der Waals surface area contributed by atoms with Gasteiger partial charge in [0.2, 0.25) is 0 Å². The molecular weight excluding hydrogens is 494 g/mol. The highest BCUT2D eigenvalue weighted by molar-refractivity contribution is 9.10. The SMILES string of the molecule is CCOC(=O)c1cc(-c2ccc(Br)cc2)n(-c2ccc(C(=O)NCc3cccc(C)c3)cc2)n1. The molecule has 1 aromatic heterocycles. The number of hydrogen-bond donors (Lipinski definition) is 1. The summed E-state index contributed by atoms with van der Waals surface area (Å²) in [7, 11) is 0. The number of halogens is 1. The molecule has 6 nitrogen and oxygen atoms in total. The monoisotopic (exact) mass is 517 g/mol. The number of carbonyl (C=O) groups excluding carboxylic acids is 2. The van der Waals surface area contributed by atoms with Crippen LogP contribution in [0.2, 0.25) is 0 Å². The molecule has 0 radical (unpaired) electrons. The average molecular weight is 518 g/mol. The summed E-state index contributed by atoms with van der Waals surface area (Å²) in [5.41, 5.74) is 5.33. The van der Waals surface area contributed by atoms with Crippen molar-refractivity contribution in [1.82, 2.24) is 15.1 Å². The smallest absolute Gasteiger partial charge is 0.358 e. The molecule has 1 heterocycles. The molecule has 4 rings (SSSR count). The largest absolute Gasteiger partial charge is 0.461 e. The highest BCUT2D eigenvalue weighted by Crippen LogP contribution is 2.26. The number of amides is 1. The second-order valence-corrected chi connectivity index (χ2v) is 8.69. The number of esters is 1. The summed E-state index contributed by atoms with van der Waals surface area (Å²) in [4.78, 5) is 25.0. The lowest BCUT2D eigenvalue weighted by Gasteiger charge is -2.10. The lowest BCUT2D eigenvalue weighted by molar-refractivity contribution is 0.0519. The van der Waals surface area contributed by atoms with Gasteiger partial charge in [0.05, 0.1) is 18.0 Å². The van der Waals surface area contributed by atoms with E-state index in [0.29, 0.717) is 12.1 Å². The summed E-state index contributed by atoms with van der Waals surface area (Å²) >= 11 is 3.45. The molecule has 34 heavy (non-hydrogen) atoms. The molecular formula is C27H24BrN3O3. The minimum atomic E-state index is -0.480. The highest BCUT2D eigenvalue weighted by atomic mass is 79.9. The van der Waals surface area contributed by atoms with Crippen LogP contribution in [0.5, 0.6) is 0 Å². The Balaban J connectivity index is 1.59. The zero-order chi connectivity index (χ0) is 24.1. The molecule has 7 heteroatoms. The van der Waals surface area contributed by atoms with Crippen LogP contribution in [-0.2, 0) is 11.3 Å². The van der Waals surface area contributed by atoms with Crippen LogP contribution < -0.4 is 5.32 Å². The third-order valence-corrected chi connectivity index (χ3v) is 5.77. The van der Waals surface area contributed by atoms with Gasteiger partial charge in [-0.15, -0.1) is 0 Å². The van der Waals surface area contributed by atoms with Gasteiger partial charge in [-0.25, -0.2) is 9.48 Å². The number of hydrogen-bond acceptors (Lipinski definition) is 4. The van der Waals surface area contributed by atoms with Crippen LogP contribution in [0, 0.1) is 6.92 Å². The maximum absolute atomic E-state index is 12.6. The molecule has 0 fully saturated rings. The molecule has 0 atom stereocenters. The Bertz CT molecular complexity index is 1310. The van der Waals surface area contributed by atoms with E-state index in [9.17, 15) is 9.59 Å². The lowest BCUT2D eigenvalue weighted by Crippen LogP contribution is -2.22. The minimum Gasteiger partial charge on any atom is -0.461 e. The van der Waals surface area contributed by atoms with E-state index in [-0.39, 0.29) is 18.2 Å². The van der Waals surface area contributed by atoms with Crippen molar-refractivity contribution in [3.63, 3.8) is 0 Å². The van der Waals surface area contributed by atoms with Crippen LogP contribution in [0.25, 0.3) is 16.9 Å². The summed E-state index contributed by atoms with van der Waals surface area (Å²) < 4.78 is 7.77. The van der Waals surface area contributed by atoms with E-state index in [4.69, 9.17) is 4.74 Å². The van der Waals surface area contributed by atoms with E-state index < -0.39 is 5.97 Å². The molecule has 0 aliphatic rings. The number of aromatic nitrogens is 2. The maximum atomic E-state index is 12.6. The molecule has 1 N–H and O–H groups in total. The average Bonchev–Trinajstić information content (AvgIpc) is 3.29. The molecule has 0 spiro atoms. The first kappa shape index (κ1) is 23.4. The molecule has 0 unspecified atom stereocenters. The van der Waals surface area contributed by atoms with Gasteiger partial charge < -0.3 is 10.1 Å². The molecule has 0 aliphatic carbocycles. The molecule has 1 amide bonds. The van der Waals surface area contributed by atoms with Crippen molar-refractivity contribution >= 4 is 27.8 Å². The van der Waals surface area contributed by atoms with Crippen molar-refractivity contribution < 1.29 is 14.3 Å². The van der Waals surface area contributed by atoms with Gasteiger partial charge in [0.25, 0.3) is 5.91 Å². The van der Waals surface area contributed by atoms with Crippen LogP contribution >= 0.6 is 15.9 Å². The van der Waals surface area contributed by atoms with E-state index in [1.807, 2.05) is 67.6 Å². The van der Waals surface area contributed by atoms with E-state index in [1.165, 1.54) is 0 Å². The van der Waals surface area contributed by atoms with Gasteiger partial charge in [0.15, 0.2) is 5.69 Å². The number of nitrogens with zero attached hydrogens (tertiary/aromatic N) is 2. The first-order valence-corrected chi connectivity index (χ1v) is 11.7. The summed E-state index contributed by atoms with van der Waals surface area (Å²) in [5, 5.41) is 7.44. The number of rotatable bonds is 7. The van der Waals surface area contributed by atoms with Crippen molar-refractivity contribution in [1.29, 1.82) is 0 Å². The minimum absolute atomic E-state index is 0.158. The number of benzene rings is 3. The number of carbonyl (C=O) groups is 2. The Labute approximate surface area is 206 Å². The number of nitrogens with one attached hydrogen (secondary N) is 1. The lowest BCUT2D eigenvalue weighted by atomic mass is 10.1. The number of aryl methyl sites for hydroxylation is 1. The fourth-order valence-corrected chi connectivity index (χ4v) is 3.83. The third-order valence-electron chi connectivity index (χ3n) is 5.24. The van der Waals surface area contributed by atoms with Crippen molar-refractivity contribution in [2.24, 2.45) is 0 Å². The zero-order valence-corrected chi connectivity index (χ0v) is 20.5. The first-order chi connectivity index (χ1) is 16.4. The number of ether oxygens (including phenoxy) is 1. The molecule has 3 aromatic carbocycles. The normalized spacial score (nSPS) is 10.7. The van der Waals surface area contributed by atoms with Crippen LogP contribution in [0.1, 0.15) is 38.9 Å². The molecule has 4 aromatic rings. The Morgan fingerprint density at radius 2 is 1.74 bits per heavy atom. The second kappa shape index (κ2) is 10.5. The maximum Gasteiger partial charge on any atom is 0.358 e. The van der Waals surface area contributed by atoms with Gasteiger partial charge in [0, 0.05) is 22.1 Å². The molecule has 0 saturated heterocycles. The fourth-order valence-electron chi connectivity index (χ4n) is 3.57.